The van der Waals surface area contributed by atoms with Crippen LogP contribution in [0.2, 0.25) is 0 Å². The van der Waals surface area contributed by atoms with Gasteiger partial charge in [0.15, 0.2) is 5.78 Å². The molecule has 3 nitrogen and oxygen atoms in total. The summed E-state index contributed by atoms with van der Waals surface area (Å²) in [4.78, 5) is 11.9. The second kappa shape index (κ2) is 4.27. The second-order valence-corrected chi connectivity index (χ2v) is 3.83. The molecule has 0 bridgehead atoms. The van der Waals surface area contributed by atoms with Crippen molar-refractivity contribution in [1.29, 1.82) is 0 Å². The van der Waals surface area contributed by atoms with Crippen LogP contribution in [0.5, 0.6) is 0 Å². The molecular formula is C11H11F2NO2. The van der Waals surface area contributed by atoms with Crippen molar-refractivity contribution in [3.05, 3.63) is 35.4 Å². The molecule has 0 spiro atoms. The number of benzene rings is 1. The monoisotopic (exact) mass is 227 g/mol. The number of halogens is 2. The highest BCUT2D eigenvalue weighted by Crippen LogP contribution is 2.19. The van der Waals surface area contributed by atoms with Crippen molar-refractivity contribution in [2.45, 2.75) is 6.04 Å². The molecule has 0 amide bonds. The number of rotatable bonds is 2. The minimum atomic E-state index is -0.768. The van der Waals surface area contributed by atoms with Gasteiger partial charge in [0.25, 0.3) is 0 Å². The molecule has 2 unspecified atom stereocenters. The summed E-state index contributed by atoms with van der Waals surface area (Å²) >= 11 is 0. The number of ether oxygens (including phenoxy) is 1. The van der Waals surface area contributed by atoms with Gasteiger partial charge in [-0.1, -0.05) is 0 Å². The summed E-state index contributed by atoms with van der Waals surface area (Å²) in [5.41, 5.74) is 5.66. The van der Waals surface area contributed by atoms with Gasteiger partial charge in [-0.2, -0.15) is 0 Å². The van der Waals surface area contributed by atoms with Crippen LogP contribution >= 0.6 is 0 Å². The van der Waals surface area contributed by atoms with Gasteiger partial charge in [-0.3, -0.25) is 4.79 Å². The van der Waals surface area contributed by atoms with Crippen molar-refractivity contribution >= 4 is 5.78 Å². The standard InChI is InChI=1S/C11H11F2NO2/c12-7-1-6(2-8(13)3-7)11(15)9-4-16-5-10(9)14/h1-3,9-10H,4-5,14H2. The maximum absolute atomic E-state index is 12.9. The molecule has 2 atom stereocenters. The van der Waals surface area contributed by atoms with E-state index in [1.165, 1.54) is 0 Å². The first-order valence-corrected chi connectivity index (χ1v) is 4.91. The van der Waals surface area contributed by atoms with Gasteiger partial charge in [0, 0.05) is 17.7 Å². The first-order chi connectivity index (χ1) is 7.58. The molecule has 0 aliphatic carbocycles. The van der Waals surface area contributed by atoms with Crippen molar-refractivity contribution < 1.29 is 18.3 Å². The summed E-state index contributed by atoms with van der Waals surface area (Å²) < 4.78 is 30.9. The van der Waals surface area contributed by atoms with Crippen molar-refractivity contribution in [3.8, 4) is 0 Å². The highest BCUT2D eigenvalue weighted by Gasteiger charge is 2.32. The molecule has 1 aromatic rings. The number of hydrogen-bond acceptors (Lipinski definition) is 3. The molecule has 2 rings (SSSR count). The number of hydrogen-bond donors (Lipinski definition) is 1. The number of carbonyl (C=O) groups is 1. The molecule has 1 heterocycles. The fraction of sp³-hybridized carbons (Fsp3) is 0.364. The highest BCUT2D eigenvalue weighted by atomic mass is 19.1. The molecule has 16 heavy (non-hydrogen) atoms. The predicted molar refractivity (Wildman–Crippen MR) is 53.0 cm³/mol. The fourth-order valence-corrected chi connectivity index (χ4v) is 1.75. The summed E-state index contributed by atoms with van der Waals surface area (Å²) in [6, 6.07) is 2.34. The average molecular weight is 227 g/mol. The zero-order chi connectivity index (χ0) is 11.7. The van der Waals surface area contributed by atoms with Crippen LogP contribution in [0.3, 0.4) is 0 Å². The predicted octanol–water partition coefficient (Wildman–Crippen LogP) is 1.12. The normalized spacial score (nSPS) is 24.7. The number of nitrogens with two attached hydrogens (primary N) is 1. The average Bonchev–Trinajstić information content (AvgIpc) is 2.62. The highest BCUT2D eigenvalue weighted by molar-refractivity contribution is 5.98. The summed E-state index contributed by atoms with van der Waals surface area (Å²) in [6.45, 7) is 0.506. The van der Waals surface area contributed by atoms with Crippen molar-refractivity contribution in [3.63, 3.8) is 0 Å². The minimum Gasteiger partial charge on any atom is -0.379 e. The molecule has 0 saturated carbocycles. The molecule has 1 aromatic carbocycles. The van der Waals surface area contributed by atoms with Crippen molar-refractivity contribution in [2.75, 3.05) is 13.2 Å². The molecule has 1 aliphatic heterocycles. The second-order valence-electron chi connectivity index (χ2n) is 3.83. The van der Waals surface area contributed by atoms with Gasteiger partial charge in [0.2, 0.25) is 0 Å². The van der Waals surface area contributed by atoms with Crippen LogP contribution in [0.25, 0.3) is 0 Å². The third kappa shape index (κ3) is 2.10. The molecule has 2 N–H and O–H groups in total. The molecule has 1 fully saturated rings. The van der Waals surface area contributed by atoms with Crippen molar-refractivity contribution in [2.24, 2.45) is 11.7 Å². The molecule has 0 radical (unpaired) electrons. The molecule has 0 aromatic heterocycles. The van der Waals surface area contributed by atoms with Crippen LogP contribution in [0.4, 0.5) is 8.78 Å². The molecular weight excluding hydrogens is 216 g/mol. The quantitative estimate of drug-likeness (QED) is 0.770. The molecule has 1 saturated heterocycles. The Bertz CT molecular complexity index is 402. The van der Waals surface area contributed by atoms with E-state index in [0.29, 0.717) is 6.61 Å². The van der Waals surface area contributed by atoms with Gasteiger partial charge in [-0.15, -0.1) is 0 Å². The number of ketones is 1. The zero-order valence-electron chi connectivity index (χ0n) is 8.45. The van der Waals surface area contributed by atoms with Gasteiger partial charge in [-0.05, 0) is 12.1 Å². The lowest BCUT2D eigenvalue weighted by Crippen LogP contribution is -2.34. The molecule has 86 valence electrons. The van der Waals surface area contributed by atoms with E-state index in [4.69, 9.17) is 10.5 Å². The van der Waals surface area contributed by atoms with Gasteiger partial charge < -0.3 is 10.5 Å². The maximum Gasteiger partial charge on any atom is 0.170 e. The SMILES string of the molecule is NC1COCC1C(=O)c1cc(F)cc(F)c1. The summed E-state index contributed by atoms with van der Waals surface area (Å²) in [5, 5.41) is 0. The number of carbonyl (C=O) groups excluding carboxylic acids is 1. The first-order valence-electron chi connectivity index (χ1n) is 4.91. The van der Waals surface area contributed by atoms with Crippen LogP contribution in [0, 0.1) is 17.6 Å². The Morgan fingerprint density at radius 1 is 1.25 bits per heavy atom. The lowest BCUT2D eigenvalue weighted by atomic mass is 9.94. The third-order valence-electron chi connectivity index (χ3n) is 2.61. The fourth-order valence-electron chi connectivity index (χ4n) is 1.75. The van der Waals surface area contributed by atoms with Crippen LogP contribution in [0.15, 0.2) is 18.2 Å². The summed E-state index contributed by atoms with van der Waals surface area (Å²) in [7, 11) is 0. The van der Waals surface area contributed by atoms with E-state index in [2.05, 4.69) is 0 Å². The van der Waals surface area contributed by atoms with E-state index in [1.807, 2.05) is 0 Å². The van der Waals surface area contributed by atoms with Crippen LogP contribution in [-0.4, -0.2) is 25.0 Å². The Labute approximate surface area is 91.2 Å². The van der Waals surface area contributed by atoms with E-state index in [0.717, 1.165) is 18.2 Å². The lowest BCUT2D eigenvalue weighted by Gasteiger charge is -2.11. The Morgan fingerprint density at radius 2 is 1.88 bits per heavy atom. The van der Waals surface area contributed by atoms with Crippen LogP contribution < -0.4 is 5.73 Å². The first kappa shape index (κ1) is 11.2. The minimum absolute atomic E-state index is 0.00319. The van der Waals surface area contributed by atoms with Gasteiger partial charge in [0.05, 0.1) is 19.1 Å². The largest absolute Gasteiger partial charge is 0.379 e. The van der Waals surface area contributed by atoms with E-state index in [1.54, 1.807) is 0 Å². The summed E-state index contributed by atoms with van der Waals surface area (Å²) in [5.74, 6) is -2.42. The van der Waals surface area contributed by atoms with Gasteiger partial charge in [-0.25, -0.2) is 8.78 Å². The van der Waals surface area contributed by atoms with Gasteiger partial charge in [0.1, 0.15) is 11.6 Å². The number of Topliss-reactive ketones (excluding diaryl/α,β-unsaturated/α-hetero) is 1. The summed E-state index contributed by atoms with van der Waals surface area (Å²) in [6.07, 6.45) is 0. The lowest BCUT2D eigenvalue weighted by molar-refractivity contribution is 0.0895. The molecule has 1 aliphatic rings. The zero-order valence-corrected chi connectivity index (χ0v) is 8.45. The topological polar surface area (TPSA) is 52.3 Å². The smallest absolute Gasteiger partial charge is 0.170 e. The van der Waals surface area contributed by atoms with E-state index < -0.39 is 23.6 Å². The van der Waals surface area contributed by atoms with E-state index in [9.17, 15) is 13.6 Å². The third-order valence-corrected chi connectivity index (χ3v) is 2.61. The Balaban J connectivity index is 2.26. The molecule has 5 heteroatoms. The Morgan fingerprint density at radius 3 is 2.38 bits per heavy atom. The van der Waals surface area contributed by atoms with Crippen LogP contribution in [0.1, 0.15) is 10.4 Å². The van der Waals surface area contributed by atoms with E-state index >= 15 is 0 Å². The van der Waals surface area contributed by atoms with Gasteiger partial charge >= 0.3 is 0 Å². The maximum atomic E-state index is 12.9. The Kier molecular flexibility index (Phi) is 2.98. The van der Waals surface area contributed by atoms with Crippen molar-refractivity contribution in [1.82, 2.24) is 0 Å². The Hall–Kier alpha value is -1.33. The van der Waals surface area contributed by atoms with Crippen LogP contribution in [-0.2, 0) is 4.74 Å². The van der Waals surface area contributed by atoms with E-state index in [-0.39, 0.29) is 18.0 Å².